The van der Waals surface area contributed by atoms with Gasteiger partial charge in [-0.1, -0.05) is 43.2 Å². The average Bonchev–Trinajstić information content (AvgIpc) is 2.29. The normalized spacial score (nSPS) is 26.5. The number of hydrogen-bond acceptors (Lipinski definition) is 2. The first-order valence-corrected chi connectivity index (χ1v) is 5.81. The predicted octanol–water partition coefficient (Wildman–Crippen LogP) is 2.08. The molecule has 0 radical (unpaired) electrons. The molecule has 1 fully saturated rings. The predicted molar refractivity (Wildman–Crippen MR) is 61.5 cm³/mol. The maximum atomic E-state index is 9.78. The van der Waals surface area contributed by atoms with Crippen LogP contribution in [-0.2, 0) is 6.54 Å². The van der Waals surface area contributed by atoms with Crippen LogP contribution in [0.25, 0.3) is 0 Å². The second-order valence-electron chi connectivity index (χ2n) is 4.32. The summed E-state index contributed by atoms with van der Waals surface area (Å²) in [6.07, 6.45) is 4.32. The third kappa shape index (κ3) is 3.05. The van der Waals surface area contributed by atoms with Crippen molar-refractivity contribution in [2.75, 3.05) is 0 Å². The van der Waals surface area contributed by atoms with Gasteiger partial charge in [0.15, 0.2) is 0 Å². The van der Waals surface area contributed by atoms with Crippen molar-refractivity contribution in [2.45, 2.75) is 44.4 Å². The number of rotatable bonds is 3. The average molecular weight is 205 g/mol. The van der Waals surface area contributed by atoms with Crippen molar-refractivity contribution in [2.24, 2.45) is 0 Å². The first-order valence-electron chi connectivity index (χ1n) is 5.81. The van der Waals surface area contributed by atoms with Crippen molar-refractivity contribution in [3.8, 4) is 0 Å². The quantitative estimate of drug-likeness (QED) is 0.792. The van der Waals surface area contributed by atoms with Crippen molar-refractivity contribution in [3.63, 3.8) is 0 Å². The second kappa shape index (κ2) is 5.29. The number of benzene rings is 1. The van der Waals surface area contributed by atoms with Crippen molar-refractivity contribution in [1.29, 1.82) is 0 Å². The Hall–Kier alpha value is -0.860. The molecule has 0 bridgehead atoms. The summed E-state index contributed by atoms with van der Waals surface area (Å²) >= 11 is 0. The smallest absolute Gasteiger partial charge is 0.0693 e. The van der Waals surface area contributed by atoms with Crippen LogP contribution in [0, 0.1) is 0 Å². The lowest BCUT2D eigenvalue weighted by Crippen LogP contribution is -2.41. The summed E-state index contributed by atoms with van der Waals surface area (Å²) in [7, 11) is 0. The van der Waals surface area contributed by atoms with E-state index in [9.17, 15) is 5.11 Å². The van der Waals surface area contributed by atoms with Gasteiger partial charge in [-0.05, 0) is 18.4 Å². The highest BCUT2D eigenvalue weighted by Gasteiger charge is 2.21. The van der Waals surface area contributed by atoms with Gasteiger partial charge >= 0.3 is 0 Å². The molecule has 82 valence electrons. The highest BCUT2D eigenvalue weighted by Crippen LogP contribution is 2.18. The van der Waals surface area contributed by atoms with Crippen molar-refractivity contribution in [3.05, 3.63) is 35.9 Å². The molecule has 0 aromatic heterocycles. The summed E-state index contributed by atoms with van der Waals surface area (Å²) in [4.78, 5) is 0. The summed E-state index contributed by atoms with van der Waals surface area (Å²) in [5, 5.41) is 13.2. The van der Waals surface area contributed by atoms with Gasteiger partial charge in [0.05, 0.1) is 6.10 Å². The van der Waals surface area contributed by atoms with Crippen molar-refractivity contribution >= 4 is 0 Å². The molecule has 0 aliphatic heterocycles. The van der Waals surface area contributed by atoms with Gasteiger partial charge in [0, 0.05) is 12.6 Å². The van der Waals surface area contributed by atoms with E-state index in [-0.39, 0.29) is 6.10 Å². The lowest BCUT2D eigenvalue weighted by Gasteiger charge is -2.28. The molecular formula is C13H19NO. The SMILES string of the molecule is O[C@@H]1CCCCC1NCc1ccccc1. The van der Waals surface area contributed by atoms with Crippen LogP contribution in [0.2, 0.25) is 0 Å². The fraction of sp³-hybridized carbons (Fsp3) is 0.538. The maximum absolute atomic E-state index is 9.78. The second-order valence-corrected chi connectivity index (χ2v) is 4.32. The largest absolute Gasteiger partial charge is 0.392 e. The minimum atomic E-state index is -0.150. The zero-order valence-electron chi connectivity index (χ0n) is 9.02. The van der Waals surface area contributed by atoms with Gasteiger partial charge in [-0.2, -0.15) is 0 Å². The first-order chi connectivity index (χ1) is 7.36. The molecule has 2 heteroatoms. The van der Waals surface area contributed by atoms with Gasteiger partial charge in [0.1, 0.15) is 0 Å². The summed E-state index contributed by atoms with van der Waals surface area (Å²) in [6.45, 7) is 0.864. The lowest BCUT2D eigenvalue weighted by molar-refractivity contribution is 0.0902. The Balaban J connectivity index is 1.82. The molecule has 1 aliphatic carbocycles. The van der Waals surface area contributed by atoms with Crippen LogP contribution >= 0.6 is 0 Å². The van der Waals surface area contributed by atoms with E-state index in [1.54, 1.807) is 0 Å². The highest BCUT2D eigenvalue weighted by atomic mass is 16.3. The Morgan fingerprint density at radius 1 is 1.13 bits per heavy atom. The number of nitrogens with one attached hydrogen (secondary N) is 1. The maximum Gasteiger partial charge on any atom is 0.0693 e. The van der Waals surface area contributed by atoms with E-state index in [1.165, 1.54) is 18.4 Å². The van der Waals surface area contributed by atoms with Gasteiger partial charge in [-0.3, -0.25) is 0 Å². The molecule has 2 nitrogen and oxygen atoms in total. The number of aliphatic hydroxyl groups excluding tert-OH is 1. The van der Waals surface area contributed by atoms with Crippen molar-refractivity contribution < 1.29 is 5.11 Å². The van der Waals surface area contributed by atoms with Gasteiger partial charge in [-0.25, -0.2) is 0 Å². The Kier molecular flexibility index (Phi) is 3.75. The van der Waals surface area contributed by atoms with E-state index in [0.717, 1.165) is 19.4 Å². The molecule has 2 atom stereocenters. The van der Waals surface area contributed by atoms with E-state index in [4.69, 9.17) is 0 Å². The summed E-state index contributed by atoms with van der Waals surface area (Å²) < 4.78 is 0. The molecule has 0 heterocycles. The summed E-state index contributed by atoms with van der Waals surface area (Å²) in [5.41, 5.74) is 1.29. The van der Waals surface area contributed by atoms with Crippen LogP contribution in [0.4, 0.5) is 0 Å². The monoisotopic (exact) mass is 205 g/mol. The van der Waals surface area contributed by atoms with Crippen molar-refractivity contribution in [1.82, 2.24) is 5.32 Å². The van der Waals surface area contributed by atoms with Crippen LogP contribution < -0.4 is 5.32 Å². The molecule has 1 unspecified atom stereocenters. The zero-order chi connectivity index (χ0) is 10.5. The summed E-state index contributed by atoms with van der Waals surface area (Å²) in [5.74, 6) is 0. The molecule has 1 saturated carbocycles. The Bertz CT molecular complexity index is 286. The van der Waals surface area contributed by atoms with Gasteiger partial charge in [0.25, 0.3) is 0 Å². The number of aliphatic hydroxyl groups is 1. The van der Waals surface area contributed by atoms with Gasteiger partial charge in [-0.15, -0.1) is 0 Å². The molecule has 2 rings (SSSR count). The molecule has 0 amide bonds. The molecule has 2 N–H and O–H groups in total. The topological polar surface area (TPSA) is 32.3 Å². The molecule has 1 aromatic carbocycles. The van der Waals surface area contributed by atoms with Crippen LogP contribution in [0.5, 0.6) is 0 Å². The molecule has 1 aliphatic rings. The van der Waals surface area contributed by atoms with Gasteiger partial charge < -0.3 is 10.4 Å². The van der Waals surface area contributed by atoms with Crippen LogP contribution in [0.1, 0.15) is 31.2 Å². The molecule has 1 aromatic rings. The lowest BCUT2D eigenvalue weighted by atomic mass is 9.92. The minimum Gasteiger partial charge on any atom is -0.392 e. The summed E-state index contributed by atoms with van der Waals surface area (Å²) in [6, 6.07) is 10.6. The highest BCUT2D eigenvalue weighted by molar-refractivity contribution is 5.14. The molecule has 0 saturated heterocycles. The first kappa shape index (κ1) is 10.7. The standard InChI is InChI=1S/C13H19NO/c15-13-9-5-4-8-12(13)14-10-11-6-2-1-3-7-11/h1-3,6-7,12-15H,4-5,8-10H2/t12?,13-/m1/s1. The van der Waals surface area contributed by atoms with E-state index < -0.39 is 0 Å². The zero-order valence-corrected chi connectivity index (χ0v) is 9.02. The van der Waals surface area contributed by atoms with Crippen LogP contribution in [-0.4, -0.2) is 17.3 Å². The Labute approximate surface area is 91.3 Å². The Morgan fingerprint density at radius 3 is 2.60 bits per heavy atom. The fourth-order valence-corrected chi connectivity index (χ4v) is 2.19. The fourth-order valence-electron chi connectivity index (χ4n) is 2.19. The van der Waals surface area contributed by atoms with Gasteiger partial charge in [0.2, 0.25) is 0 Å². The third-order valence-electron chi connectivity index (χ3n) is 3.14. The van der Waals surface area contributed by atoms with E-state index in [2.05, 4.69) is 17.4 Å². The van der Waals surface area contributed by atoms with E-state index in [1.807, 2.05) is 18.2 Å². The van der Waals surface area contributed by atoms with E-state index in [0.29, 0.717) is 6.04 Å². The molecule has 15 heavy (non-hydrogen) atoms. The number of hydrogen-bond donors (Lipinski definition) is 2. The van der Waals surface area contributed by atoms with E-state index >= 15 is 0 Å². The molecular weight excluding hydrogens is 186 g/mol. The minimum absolute atomic E-state index is 0.150. The van der Waals surface area contributed by atoms with Crippen LogP contribution in [0.15, 0.2) is 30.3 Å². The van der Waals surface area contributed by atoms with Crippen LogP contribution in [0.3, 0.4) is 0 Å². The molecule has 0 spiro atoms. The third-order valence-corrected chi connectivity index (χ3v) is 3.14. The Morgan fingerprint density at radius 2 is 1.87 bits per heavy atom.